The van der Waals surface area contributed by atoms with Gasteiger partial charge in [0.25, 0.3) is 0 Å². The summed E-state index contributed by atoms with van der Waals surface area (Å²) in [6.45, 7) is 6.43. The molecule has 2 atom stereocenters. The highest BCUT2D eigenvalue weighted by Crippen LogP contribution is 2.08. The van der Waals surface area contributed by atoms with Gasteiger partial charge in [-0.3, -0.25) is 4.79 Å². The minimum absolute atomic E-state index is 0.00535. The molecule has 2 unspecified atom stereocenters. The van der Waals surface area contributed by atoms with E-state index < -0.39 is 0 Å². The summed E-state index contributed by atoms with van der Waals surface area (Å²) in [6.07, 6.45) is 1.90. The van der Waals surface area contributed by atoms with Crippen molar-refractivity contribution in [3.05, 3.63) is 0 Å². The second-order valence-corrected chi connectivity index (χ2v) is 3.86. The number of hydrogen-bond acceptors (Lipinski definition) is 4. The summed E-state index contributed by atoms with van der Waals surface area (Å²) in [5.74, 6) is -0.103. The third kappa shape index (κ3) is 5.74. The highest BCUT2D eigenvalue weighted by atomic mass is 16.6. The number of carbonyl (C=O) groups is 1. The van der Waals surface area contributed by atoms with Crippen LogP contribution >= 0.6 is 0 Å². The summed E-state index contributed by atoms with van der Waals surface area (Å²) >= 11 is 0. The van der Waals surface area contributed by atoms with E-state index in [2.05, 4.69) is 0 Å². The van der Waals surface area contributed by atoms with Gasteiger partial charge in [-0.05, 0) is 6.42 Å². The van der Waals surface area contributed by atoms with Crippen LogP contribution in [0.15, 0.2) is 0 Å². The van der Waals surface area contributed by atoms with Crippen molar-refractivity contribution in [1.82, 2.24) is 0 Å². The molecule has 0 bridgehead atoms. The Morgan fingerprint density at radius 1 is 1.53 bits per heavy atom. The topological polar surface area (TPSA) is 48.1 Å². The molecule has 0 spiro atoms. The standard InChI is InChI=1S/C11H20O4/c1-3-9(2)11(12)14-6-4-5-13-7-10-8-15-10/h9-10H,3-8H2,1-2H3. The van der Waals surface area contributed by atoms with Crippen molar-refractivity contribution in [2.24, 2.45) is 5.92 Å². The summed E-state index contributed by atoms with van der Waals surface area (Å²) in [5.41, 5.74) is 0. The predicted molar refractivity (Wildman–Crippen MR) is 55.6 cm³/mol. The first-order chi connectivity index (χ1) is 7.24. The zero-order chi connectivity index (χ0) is 11.1. The van der Waals surface area contributed by atoms with Gasteiger partial charge in [0.15, 0.2) is 0 Å². The Balaban J connectivity index is 1.84. The van der Waals surface area contributed by atoms with Gasteiger partial charge in [0.05, 0.1) is 25.7 Å². The molecule has 0 amide bonds. The third-order valence-electron chi connectivity index (χ3n) is 2.40. The molecule has 4 heteroatoms. The average molecular weight is 216 g/mol. The Labute approximate surface area is 90.9 Å². The number of carbonyl (C=O) groups excluding carboxylic acids is 1. The smallest absolute Gasteiger partial charge is 0.308 e. The maximum atomic E-state index is 11.2. The Morgan fingerprint density at radius 2 is 2.27 bits per heavy atom. The van der Waals surface area contributed by atoms with Crippen molar-refractivity contribution in [2.45, 2.75) is 32.8 Å². The molecule has 1 fully saturated rings. The number of hydrogen-bond donors (Lipinski definition) is 0. The van der Waals surface area contributed by atoms with Gasteiger partial charge in [-0.25, -0.2) is 0 Å². The summed E-state index contributed by atoms with van der Waals surface area (Å²) in [5, 5.41) is 0. The second kappa shape index (κ2) is 6.80. The zero-order valence-electron chi connectivity index (χ0n) is 9.53. The van der Waals surface area contributed by atoms with E-state index in [1.54, 1.807) is 0 Å². The second-order valence-electron chi connectivity index (χ2n) is 3.86. The van der Waals surface area contributed by atoms with E-state index in [-0.39, 0.29) is 11.9 Å². The molecule has 0 saturated carbocycles. The fourth-order valence-electron chi connectivity index (χ4n) is 1.02. The monoisotopic (exact) mass is 216 g/mol. The van der Waals surface area contributed by atoms with E-state index in [9.17, 15) is 4.79 Å². The van der Waals surface area contributed by atoms with Gasteiger partial charge in [0.2, 0.25) is 0 Å². The van der Waals surface area contributed by atoms with Crippen molar-refractivity contribution in [3.63, 3.8) is 0 Å². The quantitative estimate of drug-likeness (QED) is 0.349. The van der Waals surface area contributed by atoms with Crippen LogP contribution in [0.3, 0.4) is 0 Å². The molecule has 0 aromatic carbocycles. The van der Waals surface area contributed by atoms with E-state index in [0.29, 0.717) is 25.9 Å². The molecule has 1 saturated heterocycles. The molecule has 1 aliphatic heterocycles. The lowest BCUT2D eigenvalue weighted by Gasteiger charge is -2.08. The molecule has 0 aliphatic carbocycles. The normalized spacial score (nSPS) is 21.1. The first-order valence-electron chi connectivity index (χ1n) is 5.60. The summed E-state index contributed by atoms with van der Waals surface area (Å²) in [6, 6.07) is 0. The van der Waals surface area contributed by atoms with Crippen LogP contribution in [0.25, 0.3) is 0 Å². The van der Waals surface area contributed by atoms with Crippen molar-refractivity contribution >= 4 is 5.97 Å². The van der Waals surface area contributed by atoms with Crippen molar-refractivity contribution in [1.29, 1.82) is 0 Å². The van der Waals surface area contributed by atoms with Crippen molar-refractivity contribution in [3.8, 4) is 0 Å². The van der Waals surface area contributed by atoms with Gasteiger partial charge >= 0.3 is 5.97 Å². The third-order valence-corrected chi connectivity index (χ3v) is 2.40. The summed E-state index contributed by atoms with van der Waals surface area (Å²) < 4.78 is 15.4. The van der Waals surface area contributed by atoms with Gasteiger partial charge in [-0.15, -0.1) is 0 Å². The Kier molecular flexibility index (Phi) is 5.65. The van der Waals surface area contributed by atoms with Gasteiger partial charge in [-0.2, -0.15) is 0 Å². The Morgan fingerprint density at radius 3 is 2.87 bits per heavy atom. The van der Waals surface area contributed by atoms with E-state index in [1.165, 1.54) is 0 Å². The van der Waals surface area contributed by atoms with E-state index in [0.717, 1.165) is 19.4 Å². The molecule has 88 valence electrons. The molecule has 0 aromatic rings. The van der Waals surface area contributed by atoms with Crippen LogP contribution in [0.5, 0.6) is 0 Å². The van der Waals surface area contributed by atoms with Gasteiger partial charge in [-0.1, -0.05) is 13.8 Å². The summed E-state index contributed by atoms with van der Waals surface area (Å²) in [7, 11) is 0. The molecular formula is C11H20O4. The van der Waals surface area contributed by atoms with Crippen LogP contribution in [-0.4, -0.2) is 38.5 Å². The first kappa shape index (κ1) is 12.5. The number of epoxide rings is 1. The van der Waals surface area contributed by atoms with Crippen LogP contribution in [0.4, 0.5) is 0 Å². The molecule has 1 rings (SSSR count). The van der Waals surface area contributed by atoms with Crippen LogP contribution in [0.2, 0.25) is 0 Å². The SMILES string of the molecule is CCC(C)C(=O)OCCCOCC1CO1. The fraction of sp³-hybridized carbons (Fsp3) is 0.909. The minimum atomic E-state index is -0.108. The van der Waals surface area contributed by atoms with Crippen LogP contribution in [0, 0.1) is 5.92 Å². The van der Waals surface area contributed by atoms with Gasteiger partial charge < -0.3 is 14.2 Å². The molecule has 0 radical (unpaired) electrons. The maximum absolute atomic E-state index is 11.2. The predicted octanol–water partition coefficient (Wildman–Crippen LogP) is 1.38. The molecule has 15 heavy (non-hydrogen) atoms. The largest absolute Gasteiger partial charge is 0.465 e. The number of esters is 1. The summed E-state index contributed by atoms with van der Waals surface area (Å²) in [4.78, 5) is 11.2. The van der Waals surface area contributed by atoms with E-state index in [4.69, 9.17) is 14.2 Å². The lowest BCUT2D eigenvalue weighted by Crippen LogP contribution is -2.15. The van der Waals surface area contributed by atoms with Crippen LogP contribution < -0.4 is 0 Å². The molecule has 4 nitrogen and oxygen atoms in total. The highest BCUT2D eigenvalue weighted by Gasteiger charge is 2.21. The molecule has 0 aromatic heterocycles. The minimum Gasteiger partial charge on any atom is -0.465 e. The highest BCUT2D eigenvalue weighted by molar-refractivity contribution is 5.71. The molecular weight excluding hydrogens is 196 g/mol. The van der Waals surface area contributed by atoms with Crippen LogP contribution in [0.1, 0.15) is 26.7 Å². The van der Waals surface area contributed by atoms with E-state index in [1.807, 2.05) is 13.8 Å². The van der Waals surface area contributed by atoms with Crippen molar-refractivity contribution in [2.75, 3.05) is 26.4 Å². The zero-order valence-corrected chi connectivity index (χ0v) is 9.53. The number of ether oxygens (including phenoxy) is 3. The van der Waals surface area contributed by atoms with Gasteiger partial charge in [0, 0.05) is 13.0 Å². The Hall–Kier alpha value is -0.610. The lowest BCUT2D eigenvalue weighted by molar-refractivity contribution is -0.148. The average Bonchev–Trinajstić information content (AvgIpc) is 3.05. The number of rotatable bonds is 8. The maximum Gasteiger partial charge on any atom is 0.308 e. The van der Waals surface area contributed by atoms with Crippen LogP contribution in [-0.2, 0) is 19.0 Å². The van der Waals surface area contributed by atoms with Gasteiger partial charge in [0.1, 0.15) is 6.10 Å². The molecule has 1 aliphatic rings. The molecule has 0 N–H and O–H groups in total. The first-order valence-corrected chi connectivity index (χ1v) is 5.60. The Bertz CT molecular complexity index is 189. The van der Waals surface area contributed by atoms with E-state index >= 15 is 0 Å². The lowest BCUT2D eigenvalue weighted by atomic mass is 10.1. The molecule has 1 heterocycles. The fourth-order valence-corrected chi connectivity index (χ4v) is 1.02. The van der Waals surface area contributed by atoms with Crippen molar-refractivity contribution < 1.29 is 19.0 Å².